The van der Waals surface area contributed by atoms with Crippen LogP contribution < -0.4 is 10.6 Å². The first-order chi connectivity index (χ1) is 10.5. The van der Waals surface area contributed by atoms with Crippen molar-refractivity contribution in [2.24, 2.45) is 0 Å². The molecule has 0 saturated heterocycles. The molecule has 0 bridgehead atoms. The normalized spacial score (nSPS) is 11.8. The lowest BCUT2D eigenvalue weighted by Gasteiger charge is -2.11. The molecular weight excluding hydrogens is 344 g/mol. The van der Waals surface area contributed by atoms with Gasteiger partial charge in [0.15, 0.2) is 0 Å². The average Bonchev–Trinajstić information content (AvgIpc) is 2.51. The first kappa shape index (κ1) is 16.4. The smallest absolute Gasteiger partial charge is 0.254 e. The molecule has 2 rings (SSSR count). The lowest BCUT2D eigenvalue weighted by atomic mass is 10.2. The predicted octanol–water partition coefficient (Wildman–Crippen LogP) is 3.82. The molecular formula is C16H19BrN4O. The van der Waals surface area contributed by atoms with Crippen molar-refractivity contribution < 1.29 is 4.79 Å². The molecule has 0 radical (unpaired) electrons. The highest BCUT2D eigenvalue weighted by Crippen LogP contribution is 2.21. The molecule has 6 heteroatoms. The third kappa shape index (κ3) is 4.27. The maximum Gasteiger partial charge on any atom is 0.254 e. The van der Waals surface area contributed by atoms with Crippen LogP contribution in [0.3, 0.4) is 0 Å². The van der Waals surface area contributed by atoms with E-state index in [4.69, 9.17) is 0 Å². The minimum Gasteiger partial charge on any atom is -0.350 e. The second-order valence-corrected chi connectivity index (χ2v) is 6.02. The summed E-state index contributed by atoms with van der Waals surface area (Å²) in [6.45, 7) is 6.00. The summed E-state index contributed by atoms with van der Waals surface area (Å²) in [7, 11) is 0. The van der Waals surface area contributed by atoms with Crippen molar-refractivity contribution in [2.45, 2.75) is 33.2 Å². The SMILES string of the molecule is CCC(C)NC(=O)c1cnc(Nc2ccc(Br)c(C)c2)nc1. The fourth-order valence-corrected chi connectivity index (χ4v) is 2.02. The second-order valence-electron chi connectivity index (χ2n) is 5.17. The number of rotatable bonds is 5. The number of amides is 1. The maximum absolute atomic E-state index is 11.9. The Morgan fingerprint density at radius 1 is 1.32 bits per heavy atom. The van der Waals surface area contributed by atoms with Gasteiger partial charge in [-0.15, -0.1) is 0 Å². The summed E-state index contributed by atoms with van der Waals surface area (Å²) in [5, 5.41) is 6.00. The molecule has 1 heterocycles. The quantitative estimate of drug-likeness (QED) is 0.848. The molecule has 2 aromatic rings. The van der Waals surface area contributed by atoms with E-state index >= 15 is 0 Å². The van der Waals surface area contributed by atoms with Crippen LogP contribution >= 0.6 is 15.9 Å². The van der Waals surface area contributed by atoms with E-state index in [1.54, 1.807) is 0 Å². The zero-order chi connectivity index (χ0) is 16.1. The Kier molecular flexibility index (Phi) is 5.49. The van der Waals surface area contributed by atoms with Crippen LogP contribution in [-0.4, -0.2) is 21.9 Å². The van der Waals surface area contributed by atoms with Gasteiger partial charge in [-0.2, -0.15) is 0 Å². The molecule has 1 amide bonds. The van der Waals surface area contributed by atoms with Gasteiger partial charge in [0.25, 0.3) is 5.91 Å². The van der Waals surface area contributed by atoms with E-state index in [1.807, 2.05) is 39.0 Å². The lowest BCUT2D eigenvalue weighted by Crippen LogP contribution is -2.32. The van der Waals surface area contributed by atoms with Crippen LogP contribution in [0.2, 0.25) is 0 Å². The number of carbonyl (C=O) groups excluding carboxylic acids is 1. The minimum atomic E-state index is -0.152. The summed E-state index contributed by atoms with van der Waals surface area (Å²) in [6.07, 6.45) is 3.94. The highest BCUT2D eigenvalue weighted by atomic mass is 79.9. The average molecular weight is 363 g/mol. The molecule has 0 aliphatic heterocycles. The van der Waals surface area contributed by atoms with Gasteiger partial charge in [0, 0.05) is 28.6 Å². The van der Waals surface area contributed by atoms with E-state index in [0.29, 0.717) is 11.5 Å². The summed E-state index contributed by atoms with van der Waals surface area (Å²) in [5.74, 6) is 0.308. The molecule has 0 aliphatic rings. The summed E-state index contributed by atoms with van der Waals surface area (Å²) in [6, 6.07) is 6.03. The van der Waals surface area contributed by atoms with Gasteiger partial charge >= 0.3 is 0 Å². The number of halogens is 1. The fourth-order valence-electron chi connectivity index (χ4n) is 1.77. The Morgan fingerprint density at radius 3 is 2.59 bits per heavy atom. The predicted molar refractivity (Wildman–Crippen MR) is 91.4 cm³/mol. The topological polar surface area (TPSA) is 66.9 Å². The molecule has 5 nitrogen and oxygen atoms in total. The van der Waals surface area contributed by atoms with Crippen molar-refractivity contribution >= 4 is 33.5 Å². The largest absolute Gasteiger partial charge is 0.350 e. The number of hydrogen-bond donors (Lipinski definition) is 2. The zero-order valence-corrected chi connectivity index (χ0v) is 14.4. The first-order valence-corrected chi connectivity index (χ1v) is 7.95. The zero-order valence-electron chi connectivity index (χ0n) is 12.9. The van der Waals surface area contributed by atoms with Crippen LogP contribution in [0.5, 0.6) is 0 Å². The molecule has 0 spiro atoms. The van der Waals surface area contributed by atoms with E-state index in [-0.39, 0.29) is 11.9 Å². The molecule has 1 unspecified atom stereocenters. The summed E-state index contributed by atoms with van der Waals surface area (Å²) < 4.78 is 1.05. The van der Waals surface area contributed by atoms with Crippen LogP contribution in [0.1, 0.15) is 36.2 Å². The van der Waals surface area contributed by atoms with Crippen molar-refractivity contribution in [3.8, 4) is 0 Å². The van der Waals surface area contributed by atoms with Crippen LogP contribution in [0, 0.1) is 6.92 Å². The third-order valence-corrected chi connectivity index (χ3v) is 4.21. The Balaban J connectivity index is 2.05. The van der Waals surface area contributed by atoms with Gasteiger partial charge in [-0.05, 0) is 44.0 Å². The van der Waals surface area contributed by atoms with Crippen LogP contribution in [0.15, 0.2) is 35.1 Å². The molecule has 22 heavy (non-hydrogen) atoms. The van der Waals surface area contributed by atoms with Crippen molar-refractivity contribution in [1.29, 1.82) is 0 Å². The van der Waals surface area contributed by atoms with Crippen LogP contribution in [0.4, 0.5) is 11.6 Å². The van der Waals surface area contributed by atoms with Gasteiger partial charge in [0.05, 0.1) is 5.56 Å². The summed E-state index contributed by atoms with van der Waals surface area (Å²) in [4.78, 5) is 20.3. The van der Waals surface area contributed by atoms with E-state index in [2.05, 4.69) is 36.5 Å². The van der Waals surface area contributed by atoms with Crippen molar-refractivity contribution in [1.82, 2.24) is 15.3 Å². The standard InChI is InChI=1S/C16H19BrN4O/c1-4-11(3)20-15(22)12-8-18-16(19-9-12)21-13-5-6-14(17)10(2)7-13/h5-9,11H,4H2,1-3H3,(H,20,22)(H,18,19,21). The van der Waals surface area contributed by atoms with Gasteiger partial charge in [0.2, 0.25) is 5.95 Å². The van der Waals surface area contributed by atoms with Crippen molar-refractivity contribution in [3.63, 3.8) is 0 Å². The second kappa shape index (κ2) is 7.35. The number of hydrogen-bond acceptors (Lipinski definition) is 4. The van der Waals surface area contributed by atoms with Gasteiger partial charge in [-0.3, -0.25) is 4.79 Å². The number of anilines is 2. The Hall–Kier alpha value is -1.95. The highest BCUT2D eigenvalue weighted by Gasteiger charge is 2.09. The van der Waals surface area contributed by atoms with Crippen molar-refractivity contribution in [2.75, 3.05) is 5.32 Å². The molecule has 0 aliphatic carbocycles. The summed E-state index contributed by atoms with van der Waals surface area (Å²) >= 11 is 3.46. The maximum atomic E-state index is 11.9. The molecule has 116 valence electrons. The third-order valence-electron chi connectivity index (χ3n) is 3.32. The molecule has 1 aromatic heterocycles. The highest BCUT2D eigenvalue weighted by molar-refractivity contribution is 9.10. The first-order valence-electron chi connectivity index (χ1n) is 7.15. The molecule has 1 atom stereocenters. The molecule has 2 N–H and O–H groups in total. The number of benzene rings is 1. The minimum absolute atomic E-state index is 0.135. The Bertz CT molecular complexity index is 658. The van der Waals surface area contributed by atoms with E-state index < -0.39 is 0 Å². The van der Waals surface area contributed by atoms with E-state index in [9.17, 15) is 4.79 Å². The number of nitrogens with one attached hydrogen (secondary N) is 2. The van der Waals surface area contributed by atoms with E-state index in [1.165, 1.54) is 12.4 Å². The lowest BCUT2D eigenvalue weighted by molar-refractivity contribution is 0.0938. The molecule has 0 fully saturated rings. The number of nitrogens with zero attached hydrogens (tertiary/aromatic N) is 2. The van der Waals surface area contributed by atoms with Gasteiger partial charge in [-0.25, -0.2) is 9.97 Å². The number of aromatic nitrogens is 2. The summed E-state index contributed by atoms with van der Waals surface area (Å²) in [5.41, 5.74) is 2.48. The molecule has 1 aromatic carbocycles. The fraction of sp³-hybridized carbons (Fsp3) is 0.312. The number of aryl methyl sites for hydroxylation is 1. The van der Waals surface area contributed by atoms with Crippen LogP contribution in [0.25, 0.3) is 0 Å². The van der Waals surface area contributed by atoms with Gasteiger partial charge < -0.3 is 10.6 Å². The molecule has 0 saturated carbocycles. The Morgan fingerprint density at radius 2 is 2.00 bits per heavy atom. The van der Waals surface area contributed by atoms with Gasteiger partial charge in [-0.1, -0.05) is 22.9 Å². The Labute approximate surface area is 138 Å². The van der Waals surface area contributed by atoms with Crippen molar-refractivity contribution in [3.05, 3.63) is 46.2 Å². The van der Waals surface area contributed by atoms with E-state index in [0.717, 1.165) is 22.1 Å². The van der Waals surface area contributed by atoms with Gasteiger partial charge in [0.1, 0.15) is 0 Å². The number of carbonyl (C=O) groups is 1. The monoisotopic (exact) mass is 362 g/mol. The van der Waals surface area contributed by atoms with Crippen LogP contribution in [-0.2, 0) is 0 Å².